The van der Waals surface area contributed by atoms with E-state index >= 15 is 0 Å². The molecule has 0 aliphatic heterocycles. The molecule has 2 aromatic rings. The van der Waals surface area contributed by atoms with Gasteiger partial charge in [0.2, 0.25) is 5.78 Å². The van der Waals surface area contributed by atoms with Gasteiger partial charge in [-0.3, -0.25) is 9.48 Å². The zero-order valence-electron chi connectivity index (χ0n) is 9.51. The first-order chi connectivity index (χ1) is 8.56. The van der Waals surface area contributed by atoms with Crippen LogP contribution >= 0.6 is 0 Å². The normalized spacial score (nSPS) is 10.7. The highest BCUT2D eigenvalue weighted by Gasteiger charge is 2.12. The minimum atomic E-state index is -2.87. The summed E-state index contributed by atoms with van der Waals surface area (Å²) in [7, 11) is 1.70. The number of hydrogen-bond acceptors (Lipinski definition) is 3. The molecule has 0 saturated heterocycles. The number of aryl methyl sites for hydroxylation is 1. The molecule has 1 heterocycles. The highest BCUT2D eigenvalue weighted by atomic mass is 19.3. The topological polar surface area (TPSA) is 44.1 Å². The average molecular weight is 252 g/mol. The number of alkyl halides is 2. The van der Waals surface area contributed by atoms with Crippen LogP contribution < -0.4 is 4.74 Å². The summed E-state index contributed by atoms with van der Waals surface area (Å²) in [6, 6.07) is 7.08. The Bertz CT molecular complexity index is 549. The summed E-state index contributed by atoms with van der Waals surface area (Å²) in [5, 5.41) is 3.97. The highest BCUT2D eigenvalue weighted by Crippen LogP contribution is 2.16. The molecule has 18 heavy (non-hydrogen) atoms. The molecule has 0 N–H and O–H groups in total. The lowest BCUT2D eigenvalue weighted by Crippen LogP contribution is -2.05. The van der Waals surface area contributed by atoms with E-state index in [0.29, 0.717) is 11.3 Å². The van der Waals surface area contributed by atoms with Crippen LogP contribution in [-0.2, 0) is 7.05 Å². The quantitative estimate of drug-likeness (QED) is 0.784. The van der Waals surface area contributed by atoms with Crippen LogP contribution in [-0.4, -0.2) is 22.2 Å². The van der Waals surface area contributed by atoms with Crippen LogP contribution in [0.1, 0.15) is 16.1 Å². The molecule has 94 valence electrons. The fourth-order valence-electron chi connectivity index (χ4n) is 1.47. The number of halogens is 2. The van der Waals surface area contributed by atoms with E-state index in [2.05, 4.69) is 9.84 Å². The number of rotatable bonds is 4. The van der Waals surface area contributed by atoms with Crippen LogP contribution in [0.2, 0.25) is 0 Å². The third-order valence-electron chi connectivity index (χ3n) is 2.29. The molecule has 0 atom stereocenters. The molecule has 4 nitrogen and oxygen atoms in total. The van der Waals surface area contributed by atoms with Crippen molar-refractivity contribution in [3.05, 3.63) is 47.8 Å². The third-order valence-corrected chi connectivity index (χ3v) is 2.29. The molecule has 0 spiro atoms. The van der Waals surface area contributed by atoms with E-state index in [4.69, 9.17) is 0 Å². The number of hydrogen-bond donors (Lipinski definition) is 0. The number of carbonyl (C=O) groups excluding carboxylic acids is 1. The predicted octanol–water partition coefficient (Wildman–Crippen LogP) is 2.25. The second kappa shape index (κ2) is 4.95. The lowest BCUT2D eigenvalue weighted by molar-refractivity contribution is -0.0498. The predicted molar refractivity (Wildman–Crippen MR) is 59.7 cm³/mol. The summed E-state index contributed by atoms with van der Waals surface area (Å²) in [5.41, 5.74) is 0.676. The summed E-state index contributed by atoms with van der Waals surface area (Å²) in [4.78, 5) is 11.9. The summed E-state index contributed by atoms with van der Waals surface area (Å²) < 4.78 is 29.6. The van der Waals surface area contributed by atoms with E-state index in [1.165, 1.54) is 28.9 Å². The Morgan fingerprint density at radius 2 is 1.94 bits per heavy atom. The van der Waals surface area contributed by atoms with Gasteiger partial charge in [-0.2, -0.15) is 13.9 Å². The van der Waals surface area contributed by atoms with Crippen molar-refractivity contribution in [1.29, 1.82) is 0 Å². The van der Waals surface area contributed by atoms with Gasteiger partial charge in [0, 0.05) is 18.8 Å². The van der Waals surface area contributed by atoms with Gasteiger partial charge < -0.3 is 4.74 Å². The molecule has 2 rings (SSSR count). The number of carbonyl (C=O) groups is 1. The SMILES string of the molecule is Cn1ccc(C(=O)c2ccc(OC(F)F)cc2)n1. The first-order valence-corrected chi connectivity index (χ1v) is 5.15. The van der Waals surface area contributed by atoms with Gasteiger partial charge >= 0.3 is 6.61 Å². The lowest BCUT2D eigenvalue weighted by atomic mass is 10.1. The van der Waals surface area contributed by atoms with Crippen LogP contribution in [0.3, 0.4) is 0 Å². The van der Waals surface area contributed by atoms with Gasteiger partial charge in [-0.15, -0.1) is 0 Å². The smallest absolute Gasteiger partial charge is 0.387 e. The Morgan fingerprint density at radius 3 is 2.44 bits per heavy atom. The molecular weight excluding hydrogens is 242 g/mol. The Hall–Kier alpha value is -2.24. The number of nitrogens with zero attached hydrogens (tertiary/aromatic N) is 2. The highest BCUT2D eigenvalue weighted by molar-refractivity contribution is 6.07. The Balaban J connectivity index is 2.17. The minimum Gasteiger partial charge on any atom is -0.435 e. The molecule has 1 aromatic carbocycles. The molecule has 6 heteroatoms. The van der Waals surface area contributed by atoms with Crippen molar-refractivity contribution in [1.82, 2.24) is 9.78 Å². The van der Waals surface area contributed by atoms with Crippen molar-refractivity contribution < 1.29 is 18.3 Å². The zero-order valence-corrected chi connectivity index (χ0v) is 9.51. The van der Waals surface area contributed by atoms with E-state index in [1.54, 1.807) is 19.3 Å². The first-order valence-electron chi connectivity index (χ1n) is 5.15. The molecule has 1 aromatic heterocycles. The summed E-state index contributed by atoms with van der Waals surface area (Å²) in [5.74, 6) is -0.248. The number of benzene rings is 1. The summed E-state index contributed by atoms with van der Waals surface area (Å²) in [6.07, 6.45) is 1.65. The van der Waals surface area contributed by atoms with Crippen LogP contribution in [0.5, 0.6) is 5.75 Å². The van der Waals surface area contributed by atoms with Gasteiger partial charge in [-0.05, 0) is 30.3 Å². The third kappa shape index (κ3) is 2.71. The number of ketones is 1. The second-order valence-electron chi connectivity index (χ2n) is 3.61. The fraction of sp³-hybridized carbons (Fsp3) is 0.167. The van der Waals surface area contributed by atoms with E-state index in [9.17, 15) is 13.6 Å². The molecule has 0 aliphatic rings. The monoisotopic (exact) mass is 252 g/mol. The van der Waals surface area contributed by atoms with Crippen LogP contribution in [0.4, 0.5) is 8.78 Å². The molecule has 0 amide bonds. The van der Waals surface area contributed by atoms with Crippen LogP contribution in [0.15, 0.2) is 36.5 Å². The first kappa shape index (κ1) is 12.2. The summed E-state index contributed by atoms with van der Waals surface area (Å²) >= 11 is 0. The van der Waals surface area contributed by atoms with Crippen molar-refractivity contribution in [3.8, 4) is 5.75 Å². The molecule has 0 aliphatic carbocycles. The van der Waals surface area contributed by atoms with Crippen molar-refractivity contribution in [2.24, 2.45) is 7.05 Å². The van der Waals surface area contributed by atoms with E-state index in [1.807, 2.05) is 0 Å². The fourth-order valence-corrected chi connectivity index (χ4v) is 1.47. The molecule has 0 unspecified atom stereocenters. The lowest BCUT2D eigenvalue weighted by Gasteiger charge is -2.04. The Kier molecular flexibility index (Phi) is 3.36. The van der Waals surface area contributed by atoms with Crippen LogP contribution in [0, 0.1) is 0 Å². The number of aromatic nitrogens is 2. The van der Waals surface area contributed by atoms with Gasteiger partial charge in [-0.1, -0.05) is 0 Å². The number of ether oxygens (including phenoxy) is 1. The van der Waals surface area contributed by atoms with Gasteiger partial charge in [0.05, 0.1) is 0 Å². The Morgan fingerprint density at radius 1 is 1.28 bits per heavy atom. The maximum absolute atomic E-state index is 11.9. The van der Waals surface area contributed by atoms with E-state index in [0.717, 1.165) is 0 Å². The van der Waals surface area contributed by atoms with E-state index in [-0.39, 0.29) is 11.5 Å². The van der Waals surface area contributed by atoms with Crippen molar-refractivity contribution in [2.45, 2.75) is 6.61 Å². The van der Waals surface area contributed by atoms with Crippen molar-refractivity contribution in [2.75, 3.05) is 0 Å². The molecule has 0 bridgehead atoms. The largest absolute Gasteiger partial charge is 0.435 e. The van der Waals surface area contributed by atoms with Gasteiger partial charge in [0.1, 0.15) is 11.4 Å². The van der Waals surface area contributed by atoms with Gasteiger partial charge in [0.15, 0.2) is 0 Å². The maximum atomic E-state index is 11.9. The zero-order chi connectivity index (χ0) is 13.1. The van der Waals surface area contributed by atoms with Crippen LogP contribution in [0.25, 0.3) is 0 Å². The van der Waals surface area contributed by atoms with Gasteiger partial charge in [0.25, 0.3) is 0 Å². The Labute approximate surface area is 102 Å². The molecule has 0 radical (unpaired) electrons. The van der Waals surface area contributed by atoms with Gasteiger partial charge in [-0.25, -0.2) is 0 Å². The molecular formula is C12H10F2N2O2. The van der Waals surface area contributed by atoms with E-state index < -0.39 is 6.61 Å². The summed E-state index contributed by atoms with van der Waals surface area (Å²) in [6.45, 7) is -2.87. The second-order valence-corrected chi connectivity index (χ2v) is 3.61. The minimum absolute atomic E-state index is 0.0163. The standard InChI is InChI=1S/C12H10F2N2O2/c1-16-7-6-10(15-16)11(17)8-2-4-9(5-3-8)18-12(13)14/h2-7,12H,1H3. The maximum Gasteiger partial charge on any atom is 0.387 e. The van der Waals surface area contributed by atoms with Crippen molar-refractivity contribution in [3.63, 3.8) is 0 Å². The molecule has 0 fully saturated rings. The molecule has 0 saturated carbocycles. The van der Waals surface area contributed by atoms with Crippen molar-refractivity contribution >= 4 is 5.78 Å². The average Bonchev–Trinajstić information content (AvgIpc) is 2.75.